The van der Waals surface area contributed by atoms with Crippen molar-refractivity contribution in [3.8, 4) is 11.6 Å². The first-order valence-electron chi connectivity index (χ1n) is 16.3. The van der Waals surface area contributed by atoms with Gasteiger partial charge in [0.2, 0.25) is 11.7 Å². The number of rotatable bonds is 10. The van der Waals surface area contributed by atoms with Crippen molar-refractivity contribution in [1.82, 2.24) is 14.1 Å². The fourth-order valence-electron chi connectivity index (χ4n) is 5.38. The monoisotopic (exact) mass is 771 g/mol. The number of carbonyl (C=O) groups excluding carboxylic acids is 5. The number of benzene rings is 3. The average molecular weight is 772 g/mol. The van der Waals surface area contributed by atoms with Crippen LogP contribution >= 0.6 is 11.6 Å². The molecule has 0 aliphatic carbocycles. The molecule has 2 aromatic heterocycles. The van der Waals surface area contributed by atoms with Crippen molar-refractivity contribution in [2.45, 2.75) is 31.8 Å². The first-order chi connectivity index (χ1) is 26.4. The molecule has 3 aromatic carbocycles. The van der Waals surface area contributed by atoms with E-state index >= 15 is 4.39 Å². The smallest absolute Gasteiger partial charge is 0.344 e. The maximum absolute atomic E-state index is 15.1. The number of carbonyl (C=O) groups is 5. The highest BCUT2D eigenvalue weighted by atomic mass is 35.5. The minimum absolute atomic E-state index is 0.0145. The average Bonchev–Trinajstić information content (AvgIpc) is 3.59. The van der Waals surface area contributed by atoms with Gasteiger partial charge < -0.3 is 23.7 Å². The number of halogens is 2. The fourth-order valence-corrected chi connectivity index (χ4v) is 5.53. The largest absolute Gasteiger partial charge is 0.463 e. The molecule has 0 saturated carbocycles. The van der Waals surface area contributed by atoms with Crippen LogP contribution in [0, 0.1) is 5.82 Å². The maximum atomic E-state index is 15.1. The van der Waals surface area contributed by atoms with Crippen molar-refractivity contribution in [2.24, 2.45) is 0 Å². The maximum Gasteiger partial charge on any atom is 0.344 e. The number of aromatic nitrogens is 3. The van der Waals surface area contributed by atoms with Gasteiger partial charge in [0.05, 0.1) is 29.1 Å². The van der Waals surface area contributed by atoms with Crippen LogP contribution in [0.15, 0.2) is 113 Å². The lowest BCUT2D eigenvalue weighted by Crippen LogP contribution is -2.46. The molecule has 0 radical (unpaired) electrons. The molecule has 3 atom stereocenters. The van der Waals surface area contributed by atoms with Gasteiger partial charge in [-0.1, -0.05) is 54.1 Å². The summed E-state index contributed by atoms with van der Waals surface area (Å²) in [5.74, 6) is -6.53. The number of pyridine rings is 1. The Morgan fingerprint density at radius 2 is 1.45 bits per heavy atom. The van der Waals surface area contributed by atoms with Gasteiger partial charge in [0, 0.05) is 25.0 Å². The molecule has 5 aromatic rings. The summed E-state index contributed by atoms with van der Waals surface area (Å²) < 4.78 is 42.9. The molecule has 1 aliphatic rings. The molecular weight excluding hydrogens is 745 g/mol. The normalized spacial score (nSPS) is 16.2. The number of hydrogen-bond donors (Lipinski definition) is 0. The van der Waals surface area contributed by atoms with E-state index in [4.69, 9.17) is 35.3 Å². The van der Waals surface area contributed by atoms with Gasteiger partial charge in [-0.2, -0.15) is 8.96 Å². The van der Waals surface area contributed by atoms with Crippen LogP contribution in [0.5, 0.6) is 11.6 Å². The van der Waals surface area contributed by atoms with E-state index in [-0.39, 0.29) is 49.9 Å². The zero-order chi connectivity index (χ0) is 39.2. The summed E-state index contributed by atoms with van der Waals surface area (Å²) in [6, 6.07) is 21.7. The quantitative estimate of drug-likeness (QED) is 0.182. The summed E-state index contributed by atoms with van der Waals surface area (Å²) in [7, 11) is 0. The summed E-state index contributed by atoms with van der Waals surface area (Å²) in [4.78, 5) is 94.1. The molecule has 15 nitrogen and oxygen atoms in total. The van der Waals surface area contributed by atoms with Crippen molar-refractivity contribution in [3.05, 3.63) is 157 Å². The highest BCUT2D eigenvalue weighted by molar-refractivity contribution is 6.32. The molecule has 1 fully saturated rings. The van der Waals surface area contributed by atoms with Crippen LogP contribution < -0.4 is 20.7 Å². The summed E-state index contributed by atoms with van der Waals surface area (Å²) >= 11 is 6.16. The van der Waals surface area contributed by atoms with E-state index in [1.54, 1.807) is 36.4 Å². The summed E-state index contributed by atoms with van der Waals surface area (Å²) in [6.45, 7) is 0.742. The van der Waals surface area contributed by atoms with Gasteiger partial charge >= 0.3 is 29.6 Å². The van der Waals surface area contributed by atoms with E-state index in [2.05, 4.69) is 4.98 Å². The van der Waals surface area contributed by atoms with Gasteiger partial charge in [-0.15, -0.1) is 0 Å². The predicted molar refractivity (Wildman–Crippen MR) is 188 cm³/mol. The second kappa shape index (κ2) is 16.5. The Kier molecular flexibility index (Phi) is 11.4. The number of ether oxygens (including phenoxy) is 5. The van der Waals surface area contributed by atoms with Gasteiger partial charge in [0.1, 0.15) is 30.1 Å². The minimum atomic E-state index is -1.60. The van der Waals surface area contributed by atoms with E-state index in [1.807, 2.05) is 0 Å². The summed E-state index contributed by atoms with van der Waals surface area (Å²) in [5, 5.41) is -0.131. The zero-order valence-corrected chi connectivity index (χ0v) is 29.2. The third-order valence-electron chi connectivity index (χ3n) is 8.03. The summed E-state index contributed by atoms with van der Waals surface area (Å²) in [5.41, 5.74) is -3.13. The van der Waals surface area contributed by atoms with Gasteiger partial charge in [0.25, 0.3) is 11.5 Å². The molecule has 0 spiro atoms. The van der Waals surface area contributed by atoms with Crippen LogP contribution in [0.2, 0.25) is 5.02 Å². The lowest BCUT2D eigenvalue weighted by molar-refractivity contribution is -0.147. The SMILES string of the molecule is CC(=O)OC[C@H]1O[C@@H](n2cc(F)c(=O)n(C(=O)c3cccc(C(=O)Oc4cc(OC(=O)c5ccccc5)ncc4Cl)c3)c2=O)C[C@@H]1OC(=O)c1ccccc1. The number of esters is 4. The molecular formula is C38H27ClFN3O12. The molecule has 6 rings (SSSR count). The molecule has 1 aliphatic heterocycles. The Labute approximate surface area is 314 Å². The molecule has 0 N–H and O–H groups in total. The minimum Gasteiger partial charge on any atom is -0.463 e. The van der Waals surface area contributed by atoms with Crippen LogP contribution in [0.25, 0.3) is 0 Å². The topological polar surface area (TPSA) is 188 Å². The molecule has 0 bridgehead atoms. The second-order valence-electron chi connectivity index (χ2n) is 11.8. The van der Waals surface area contributed by atoms with E-state index in [0.29, 0.717) is 10.8 Å². The molecule has 17 heteroatoms. The van der Waals surface area contributed by atoms with Crippen molar-refractivity contribution >= 4 is 41.4 Å². The van der Waals surface area contributed by atoms with E-state index in [0.717, 1.165) is 25.3 Å². The van der Waals surface area contributed by atoms with Gasteiger partial charge in [-0.05, 0) is 42.5 Å². The second-order valence-corrected chi connectivity index (χ2v) is 12.2. The zero-order valence-electron chi connectivity index (χ0n) is 28.5. The van der Waals surface area contributed by atoms with Crippen molar-refractivity contribution in [1.29, 1.82) is 0 Å². The first-order valence-corrected chi connectivity index (χ1v) is 16.7. The van der Waals surface area contributed by atoms with Crippen molar-refractivity contribution < 1.29 is 52.0 Å². The Morgan fingerprint density at radius 1 is 0.836 bits per heavy atom. The molecule has 1 saturated heterocycles. The molecule has 3 heterocycles. The molecule has 55 heavy (non-hydrogen) atoms. The lowest BCUT2D eigenvalue weighted by Gasteiger charge is -2.18. The van der Waals surface area contributed by atoms with Crippen LogP contribution in [-0.2, 0) is 19.0 Å². The van der Waals surface area contributed by atoms with Crippen LogP contribution in [0.4, 0.5) is 4.39 Å². The van der Waals surface area contributed by atoms with E-state index < -0.39 is 71.9 Å². The fraction of sp³-hybridized carbons (Fsp3) is 0.158. The third-order valence-corrected chi connectivity index (χ3v) is 8.32. The van der Waals surface area contributed by atoms with Crippen LogP contribution in [-0.4, -0.2) is 62.7 Å². The molecule has 0 unspecified atom stereocenters. The Morgan fingerprint density at radius 3 is 2.13 bits per heavy atom. The Hall–Kier alpha value is -6.78. The van der Waals surface area contributed by atoms with Crippen LogP contribution in [0.3, 0.4) is 0 Å². The van der Waals surface area contributed by atoms with Gasteiger partial charge in [-0.3, -0.25) is 19.0 Å². The Bertz CT molecular complexity index is 2420. The first kappa shape index (κ1) is 38.0. The number of nitrogens with zero attached hydrogens (tertiary/aromatic N) is 3. The summed E-state index contributed by atoms with van der Waals surface area (Å²) in [6.07, 6.45) is -2.24. The molecule has 280 valence electrons. The van der Waals surface area contributed by atoms with E-state index in [1.165, 1.54) is 42.5 Å². The third kappa shape index (κ3) is 8.72. The van der Waals surface area contributed by atoms with Gasteiger partial charge in [-0.25, -0.2) is 24.2 Å². The standard InChI is InChI=1S/C38H27ClFN3O12/c1-21(44)51-20-30-29(54-35(47)22-9-4-2-5-10-22)17-32(52-30)42-19-27(40)34(46)43(38(42)50)33(45)24-13-8-14-25(15-24)37(49)53-28-16-31(41-18-26(28)39)55-36(48)23-11-6-3-7-12-23/h2-16,18-19,29-30,32H,17,20H2,1H3/t29-,30+,32+/m0/s1. The highest BCUT2D eigenvalue weighted by Crippen LogP contribution is 2.31. The lowest BCUT2D eigenvalue weighted by atomic mass is 10.1. The van der Waals surface area contributed by atoms with Crippen molar-refractivity contribution in [2.75, 3.05) is 6.61 Å². The van der Waals surface area contributed by atoms with E-state index in [9.17, 15) is 33.6 Å². The van der Waals surface area contributed by atoms with Crippen LogP contribution in [0.1, 0.15) is 61.0 Å². The Balaban J connectivity index is 1.23. The number of hydrogen-bond acceptors (Lipinski definition) is 13. The van der Waals surface area contributed by atoms with Gasteiger partial charge in [0.15, 0.2) is 5.75 Å². The predicted octanol–water partition coefficient (Wildman–Crippen LogP) is 4.40. The highest BCUT2D eigenvalue weighted by Gasteiger charge is 2.41. The van der Waals surface area contributed by atoms with Crippen molar-refractivity contribution in [3.63, 3.8) is 0 Å². The molecule has 0 amide bonds.